The predicted octanol–water partition coefficient (Wildman–Crippen LogP) is 3.42. The van der Waals surface area contributed by atoms with Crippen LogP contribution in [0.1, 0.15) is 36.5 Å². The number of rotatable bonds is 7. The summed E-state index contributed by atoms with van der Waals surface area (Å²) < 4.78 is 33.0. The lowest BCUT2D eigenvalue weighted by Gasteiger charge is -2.30. The lowest BCUT2D eigenvalue weighted by atomic mass is 9.97. The maximum absolute atomic E-state index is 13.0. The number of carbonyl (C=O) groups is 1. The fourth-order valence-electron chi connectivity index (χ4n) is 3.76. The molecule has 1 amide bonds. The number of nitrogens with zero attached hydrogens (tertiary/aromatic N) is 1. The maximum Gasteiger partial charge on any atom is 0.243 e. The second-order valence-corrected chi connectivity index (χ2v) is 9.68. The van der Waals surface area contributed by atoms with Crippen LogP contribution in [0.4, 0.5) is 0 Å². The third kappa shape index (κ3) is 5.21. The summed E-state index contributed by atoms with van der Waals surface area (Å²) in [6.45, 7) is 7.47. The quantitative estimate of drug-likeness (QED) is 0.730. The molecule has 0 saturated carbocycles. The van der Waals surface area contributed by atoms with Gasteiger partial charge in [-0.2, -0.15) is 4.31 Å². The van der Waals surface area contributed by atoms with Gasteiger partial charge in [-0.25, -0.2) is 8.42 Å². The summed E-state index contributed by atoms with van der Waals surface area (Å²) in [5.74, 6) is 0.522. The van der Waals surface area contributed by atoms with Crippen LogP contribution in [0.2, 0.25) is 0 Å². The van der Waals surface area contributed by atoms with Gasteiger partial charge in [-0.3, -0.25) is 4.79 Å². The Morgan fingerprint density at radius 1 is 1.13 bits per heavy atom. The van der Waals surface area contributed by atoms with Crippen molar-refractivity contribution in [2.75, 3.05) is 19.7 Å². The Balaban J connectivity index is 1.57. The summed E-state index contributed by atoms with van der Waals surface area (Å²) in [6.07, 6.45) is 1.05. The van der Waals surface area contributed by atoms with E-state index in [0.717, 1.165) is 16.7 Å². The van der Waals surface area contributed by atoms with Crippen molar-refractivity contribution in [1.29, 1.82) is 0 Å². The number of amides is 1. The first kappa shape index (κ1) is 22.3. The first-order chi connectivity index (χ1) is 14.3. The van der Waals surface area contributed by atoms with Gasteiger partial charge < -0.3 is 10.1 Å². The van der Waals surface area contributed by atoms with Crippen LogP contribution in [-0.4, -0.2) is 38.3 Å². The summed E-state index contributed by atoms with van der Waals surface area (Å²) >= 11 is 0. The molecule has 0 aromatic heterocycles. The van der Waals surface area contributed by atoms with Crippen molar-refractivity contribution in [3.63, 3.8) is 0 Å². The zero-order valence-corrected chi connectivity index (χ0v) is 18.7. The minimum absolute atomic E-state index is 0.00883. The molecule has 1 N–H and O–H groups in total. The van der Waals surface area contributed by atoms with Gasteiger partial charge in [0.1, 0.15) is 5.75 Å². The molecule has 6 nitrogen and oxygen atoms in total. The molecule has 162 valence electrons. The average molecular weight is 431 g/mol. The van der Waals surface area contributed by atoms with E-state index in [0.29, 0.717) is 44.8 Å². The van der Waals surface area contributed by atoms with Gasteiger partial charge >= 0.3 is 0 Å². The molecule has 2 aromatic rings. The number of benzene rings is 2. The van der Waals surface area contributed by atoms with E-state index < -0.39 is 10.0 Å². The number of hydrogen-bond acceptors (Lipinski definition) is 4. The minimum Gasteiger partial charge on any atom is -0.494 e. The fraction of sp³-hybridized carbons (Fsp3) is 0.435. The van der Waals surface area contributed by atoms with Crippen LogP contribution in [0.25, 0.3) is 0 Å². The summed E-state index contributed by atoms with van der Waals surface area (Å²) in [6, 6.07) is 13.0. The Morgan fingerprint density at radius 3 is 2.50 bits per heavy atom. The molecular formula is C23H30N2O4S. The Kier molecular flexibility index (Phi) is 7.15. The number of ether oxygens (including phenoxy) is 1. The second kappa shape index (κ2) is 9.62. The predicted molar refractivity (Wildman–Crippen MR) is 117 cm³/mol. The smallest absolute Gasteiger partial charge is 0.243 e. The third-order valence-electron chi connectivity index (χ3n) is 5.46. The lowest BCUT2D eigenvalue weighted by Crippen LogP contribution is -2.42. The van der Waals surface area contributed by atoms with Crippen LogP contribution in [-0.2, 0) is 21.4 Å². The number of carbonyl (C=O) groups excluding carboxylic acids is 1. The van der Waals surface area contributed by atoms with Crippen molar-refractivity contribution >= 4 is 15.9 Å². The van der Waals surface area contributed by atoms with Gasteiger partial charge in [0, 0.05) is 25.6 Å². The van der Waals surface area contributed by atoms with Crippen LogP contribution in [0.5, 0.6) is 5.75 Å². The molecule has 0 atom stereocenters. The molecule has 1 heterocycles. The molecule has 1 saturated heterocycles. The van der Waals surface area contributed by atoms with E-state index in [2.05, 4.69) is 5.32 Å². The molecule has 0 bridgehead atoms. The van der Waals surface area contributed by atoms with Crippen LogP contribution in [0.15, 0.2) is 47.4 Å². The highest BCUT2D eigenvalue weighted by molar-refractivity contribution is 7.89. The molecule has 1 aliphatic heterocycles. The van der Waals surface area contributed by atoms with E-state index in [1.165, 1.54) is 4.31 Å². The van der Waals surface area contributed by atoms with Gasteiger partial charge in [-0.1, -0.05) is 29.8 Å². The van der Waals surface area contributed by atoms with Crippen LogP contribution in [0, 0.1) is 19.8 Å². The van der Waals surface area contributed by atoms with E-state index in [4.69, 9.17) is 4.74 Å². The van der Waals surface area contributed by atoms with Gasteiger partial charge in [-0.15, -0.1) is 0 Å². The standard InChI is InChI=1S/C23H30N2O4S/c1-4-29-22-9-8-21(15-18(22)3)30(27,28)25-12-10-20(11-13-25)23(26)24-16-19-7-5-6-17(2)14-19/h5-9,14-15,20H,4,10-13,16H2,1-3H3,(H,24,26). The summed E-state index contributed by atoms with van der Waals surface area (Å²) in [4.78, 5) is 12.8. The highest BCUT2D eigenvalue weighted by Crippen LogP contribution is 2.27. The monoisotopic (exact) mass is 430 g/mol. The molecular weight excluding hydrogens is 400 g/mol. The number of piperidine rings is 1. The highest BCUT2D eigenvalue weighted by Gasteiger charge is 2.32. The molecule has 0 unspecified atom stereocenters. The Labute approximate surface area is 179 Å². The molecule has 1 aliphatic rings. The van der Waals surface area contributed by atoms with E-state index in [1.54, 1.807) is 18.2 Å². The van der Waals surface area contributed by atoms with Crippen molar-refractivity contribution in [2.45, 2.75) is 45.1 Å². The summed E-state index contributed by atoms with van der Waals surface area (Å²) in [5.41, 5.74) is 3.02. The SMILES string of the molecule is CCOc1ccc(S(=O)(=O)N2CCC(C(=O)NCc3cccc(C)c3)CC2)cc1C. The van der Waals surface area contributed by atoms with Crippen LogP contribution in [0.3, 0.4) is 0 Å². The van der Waals surface area contributed by atoms with E-state index in [-0.39, 0.29) is 16.7 Å². The summed E-state index contributed by atoms with van der Waals surface area (Å²) in [5, 5.41) is 2.99. The molecule has 0 radical (unpaired) electrons. The molecule has 3 rings (SSSR count). The maximum atomic E-state index is 13.0. The zero-order chi connectivity index (χ0) is 21.7. The van der Waals surface area contributed by atoms with Crippen molar-refractivity contribution < 1.29 is 17.9 Å². The fourth-order valence-corrected chi connectivity index (χ4v) is 5.32. The van der Waals surface area contributed by atoms with Crippen LogP contribution < -0.4 is 10.1 Å². The van der Waals surface area contributed by atoms with E-state index in [1.807, 2.05) is 45.0 Å². The Morgan fingerprint density at radius 2 is 1.87 bits per heavy atom. The molecule has 0 aliphatic carbocycles. The first-order valence-electron chi connectivity index (χ1n) is 10.4. The summed E-state index contributed by atoms with van der Waals surface area (Å²) in [7, 11) is -3.58. The number of nitrogens with one attached hydrogen (secondary N) is 1. The Bertz CT molecular complexity index is 996. The normalized spacial score (nSPS) is 15.7. The van der Waals surface area contributed by atoms with Crippen molar-refractivity contribution in [1.82, 2.24) is 9.62 Å². The second-order valence-electron chi connectivity index (χ2n) is 7.75. The van der Waals surface area contributed by atoms with Gasteiger partial charge in [0.15, 0.2) is 0 Å². The minimum atomic E-state index is -3.58. The lowest BCUT2D eigenvalue weighted by molar-refractivity contribution is -0.126. The average Bonchev–Trinajstić information content (AvgIpc) is 2.73. The highest BCUT2D eigenvalue weighted by atomic mass is 32.2. The third-order valence-corrected chi connectivity index (χ3v) is 7.35. The number of aryl methyl sites for hydroxylation is 2. The largest absolute Gasteiger partial charge is 0.494 e. The van der Waals surface area contributed by atoms with E-state index >= 15 is 0 Å². The topological polar surface area (TPSA) is 75.7 Å². The number of hydrogen-bond donors (Lipinski definition) is 1. The zero-order valence-electron chi connectivity index (χ0n) is 17.8. The van der Waals surface area contributed by atoms with Gasteiger partial charge in [0.05, 0.1) is 11.5 Å². The number of sulfonamides is 1. The molecule has 7 heteroatoms. The van der Waals surface area contributed by atoms with Crippen molar-refractivity contribution in [3.05, 3.63) is 59.2 Å². The molecule has 30 heavy (non-hydrogen) atoms. The van der Waals surface area contributed by atoms with Crippen molar-refractivity contribution in [2.24, 2.45) is 5.92 Å². The first-order valence-corrected chi connectivity index (χ1v) is 11.8. The molecule has 0 spiro atoms. The Hall–Kier alpha value is -2.38. The molecule has 2 aromatic carbocycles. The van der Waals surface area contributed by atoms with Gasteiger partial charge in [0.2, 0.25) is 15.9 Å². The van der Waals surface area contributed by atoms with Crippen LogP contribution >= 0.6 is 0 Å². The van der Waals surface area contributed by atoms with E-state index in [9.17, 15) is 13.2 Å². The molecule has 1 fully saturated rings. The van der Waals surface area contributed by atoms with Gasteiger partial charge in [0.25, 0.3) is 0 Å². The van der Waals surface area contributed by atoms with Gasteiger partial charge in [-0.05, 0) is 62.9 Å². The van der Waals surface area contributed by atoms with Crippen molar-refractivity contribution in [3.8, 4) is 5.75 Å².